The zero-order valence-electron chi connectivity index (χ0n) is 4.05. The van der Waals surface area contributed by atoms with E-state index in [2.05, 4.69) is 10.2 Å². The monoisotopic (exact) mass is 103 g/mol. The van der Waals surface area contributed by atoms with Gasteiger partial charge in [-0.1, -0.05) is 0 Å². The van der Waals surface area contributed by atoms with Crippen LogP contribution in [0, 0.1) is 0 Å². The maximum Gasteiger partial charge on any atom is 0.0973 e. The number of hydrogen-bond donors (Lipinski definition) is 2. The first-order valence-corrected chi connectivity index (χ1v) is 2.43. The molecule has 0 spiro atoms. The van der Waals surface area contributed by atoms with Gasteiger partial charge in [-0.3, -0.25) is 5.26 Å². The third-order valence-corrected chi connectivity index (χ3v) is 1.20. The van der Waals surface area contributed by atoms with Crippen LogP contribution in [0.25, 0.3) is 0 Å². The van der Waals surface area contributed by atoms with Gasteiger partial charge in [-0.25, -0.2) is 4.89 Å². The summed E-state index contributed by atoms with van der Waals surface area (Å²) in [6, 6.07) is 0.407. The van der Waals surface area contributed by atoms with Gasteiger partial charge in [0, 0.05) is 6.04 Å². The highest BCUT2D eigenvalue weighted by Crippen LogP contribution is 1.99. The van der Waals surface area contributed by atoms with Crippen molar-refractivity contribution < 1.29 is 10.1 Å². The minimum Gasteiger partial charge on any atom is -0.311 e. The molecule has 0 radical (unpaired) electrons. The molecule has 0 aromatic carbocycles. The summed E-state index contributed by atoms with van der Waals surface area (Å²) in [5.74, 6) is 0. The van der Waals surface area contributed by atoms with Crippen molar-refractivity contribution in [3.8, 4) is 0 Å². The Morgan fingerprint density at radius 1 is 1.86 bits per heavy atom. The maximum absolute atomic E-state index is 7.86. The Morgan fingerprint density at radius 2 is 2.57 bits per heavy atom. The van der Waals surface area contributed by atoms with Crippen LogP contribution in [0.2, 0.25) is 0 Å². The lowest BCUT2D eigenvalue weighted by Gasteiger charge is -2.25. The third-order valence-electron chi connectivity index (χ3n) is 1.20. The molecule has 1 unspecified atom stereocenters. The minimum atomic E-state index is 0.407. The van der Waals surface area contributed by atoms with Gasteiger partial charge in [0.1, 0.15) is 0 Å². The van der Waals surface area contributed by atoms with Crippen molar-refractivity contribution in [3.63, 3.8) is 0 Å². The van der Waals surface area contributed by atoms with E-state index >= 15 is 0 Å². The molecule has 0 aromatic heterocycles. The Morgan fingerprint density at radius 3 is 2.71 bits per heavy atom. The van der Waals surface area contributed by atoms with Crippen LogP contribution < -0.4 is 5.32 Å². The second-order valence-corrected chi connectivity index (χ2v) is 1.74. The van der Waals surface area contributed by atoms with Gasteiger partial charge in [-0.15, -0.1) is 0 Å². The minimum absolute atomic E-state index is 0.407. The third kappa shape index (κ3) is 1.12. The Balaban J connectivity index is 1.93. The fourth-order valence-electron chi connectivity index (χ4n) is 0.581. The van der Waals surface area contributed by atoms with Crippen LogP contribution in [0.15, 0.2) is 0 Å². The van der Waals surface area contributed by atoms with E-state index in [1.54, 1.807) is 0 Å². The van der Waals surface area contributed by atoms with E-state index < -0.39 is 0 Å². The summed E-state index contributed by atoms with van der Waals surface area (Å²) in [5, 5.41) is 10.9. The van der Waals surface area contributed by atoms with Gasteiger partial charge in [-0.2, -0.15) is 0 Å². The fourth-order valence-corrected chi connectivity index (χ4v) is 0.581. The molecule has 42 valence electrons. The Hall–Kier alpha value is -0.120. The first-order valence-electron chi connectivity index (χ1n) is 2.43. The first kappa shape index (κ1) is 5.03. The zero-order chi connectivity index (χ0) is 5.11. The fraction of sp³-hybridized carbons (Fsp3) is 1.00. The number of nitrogens with one attached hydrogen (secondary N) is 1. The van der Waals surface area contributed by atoms with Crippen LogP contribution in [0.3, 0.4) is 0 Å². The van der Waals surface area contributed by atoms with Gasteiger partial charge >= 0.3 is 0 Å². The lowest BCUT2D eigenvalue weighted by Crippen LogP contribution is -2.45. The molecule has 0 amide bonds. The smallest absolute Gasteiger partial charge is 0.0973 e. The van der Waals surface area contributed by atoms with Crippen LogP contribution in [0.1, 0.15) is 6.42 Å². The molecule has 1 heterocycles. The summed E-state index contributed by atoms with van der Waals surface area (Å²) in [5.41, 5.74) is 0. The predicted octanol–water partition coefficient (Wildman–Crippen LogP) is -0.162. The molecular formula is C4H9NO2. The standard InChI is InChI=1S/C4H9NO2/c6-7-3-4-1-2-5-4/h4-6H,1-3H2. The van der Waals surface area contributed by atoms with E-state index in [1.807, 2.05) is 0 Å². The van der Waals surface area contributed by atoms with Gasteiger partial charge in [0.05, 0.1) is 6.61 Å². The van der Waals surface area contributed by atoms with E-state index in [0.717, 1.165) is 13.0 Å². The highest BCUT2D eigenvalue weighted by molar-refractivity contribution is 4.75. The van der Waals surface area contributed by atoms with Crippen LogP contribution in [-0.4, -0.2) is 24.5 Å². The van der Waals surface area contributed by atoms with Gasteiger partial charge in [-0.05, 0) is 13.0 Å². The second kappa shape index (κ2) is 2.26. The van der Waals surface area contributed by atoms with E-state index in [-0.39, 0.29) is 0 Å². The Kier molecular flexibility index (Phi) is 1.62. The molecular weight excluding hydrogens is 94.0 g/mol. The molecule has 1 fully saturated rings. The van der Waals surface area contributed by atoms with E-state index in [1.165, 1.54) is 0 Å². The normalized spacial score (nSPS) is 29.6. The van der Waals surface area contributed by atoms with Crippen molar-refractivity contribution in [1.82, 2.24) is 5.32 Å². The Bertz CT molecular complexity index is 53.7. The molecule has 0 saturated carbocycles. The number of hydrogen-bond acceptors (Lipinski definition) is 3. The van der Waals surface area contributed by atoms with Crippen LogP contribution in [0.4, 0.5) is 0 Å². The zero-order valence-corrected chi connectivity index (χ0v) is 4.05. The van der Waals surface area contributed by atoms with Crippen molar-refractivity contribution in [3.05, 3.63) is 0 Å². The van der Waals surface area contributed by atoms with Crippen molar-refractivity contribution in [2.75, 3.05) is 13.2 Å². The summed E-state index contributed by atoms with van der Waals surface area (Å²) in [4.78, 5) is 3.88. The second-order valence-electron chi connectivity index (χ2n) is 1.74. The van der Waals surface area contributed by atoms with Gasteiger partial charge in [0.2, 0.25) is 0 Å². The molecule has 3 nitrogen and oxygen atoms in total. The summed E-state index contributed by atoms with van der Waals surface area (Å²) >= 11 is 0. The summed E-state index contributed by atoms with van der Waals surface area (Å²) < 4.78 is 0. The first-order chi connectivity index (χ1) is 3.43. The topological polar surface area (TPSA) is 41.5 Å². The molecule has 1 rings (SSSR count). The quantitative estimate of drug-likeness (QED) is 0.377. The van der Waals surface area contributed by atoms with E-state index in [4.69, 9.17) is 5.26 Å². The average molecular weight is 103 g/mol. The van der Waals surface area contributed by atoms with Crippen LogP contribution >= 0.6 is 0 Å². The van der Waals surface area contributed by atoms with Crippen molar-refractivity contribution in [2.45, 2.75) is 12.5 Å². The Labute approximate surface area is 42.2 Å². The summed E-state index contributed by atoms with van der Waals surface area (Å²) in [7, 11) is 0. The molecule has 2 N–H and O–H groups in total. The average Bonchev–Trinajstić information content (AvgIpc) is 1.55. The molecule has 1 saturated heterocycles. The molecule has 0 aliphatic carbocycles. The van der Waals surface area contributed by atoms with Crippen LogP contribution in [-0.2, 0) is 4.89 Å². The molecule has 1 aliphatic heterocycles. The summed E-state index contributed by atoms with van der Waals surface area (Å²) in [6.07, 6.45) is 1.13. The van der Waals surface area contributed by atoms with Gasteiger partial charge < -0.3 is 5.32 Å². The molecule has 1 atom stereocenters. The van der Waals surface area contributed by atoms with Crippen molar-refractivity contribution in [2.24, 2.45) is 0 Å². The van der Waals surface area contributed by atoms with Crippen LogP contribution in [0.5, 0.6) is 0 Å². The highest BCUT2D eigenvalue weighted by Gasteiger charge is 2.15. The largest absolute Gasteiger partial charge is 0.311 e. The van der Waals surface area contributed by atoms with Gasteiger partial charge in [0.15, 0.2) is 0 Å². The molecule has 7 heavy (non-hydrogen) atoms. The molecule has 3 heteroatoms. The van der Waals surface area contributed by atoms with E-state index in [0.29, 0.717) is 12.6 Å². The van der Waals surface area contributed by atoms with Crippen molar-refractivity contribution >= 4 is 0 Å². The highest BCUT2D eigenvalue weighted by atomic mass is 17.1. The predicted molar refractivity (Wildman–Crippen MR) is 25.0 cm³/mol. The molecule has 0 aromatic rings. The van der Waals surface area contributed by atoms with Crippen molar-refractivity contribution in [1.29, 1.82) is 0 Å². The van der Waals surface area contributed by atoms with Gasteiger partial charge in [0.25, 0.3) is 0 Å². The summed E-state index contributed by atoms with van der Waals surface area (Å²) in [6.45, 7) is 1.49. The SMILES string of the molecule is OOCC1CCN1. The maximum atomic E-state index is 7.86. The lowest BCUT2D eigenvalue weighted by molar-refractivity contribution is -0.249. The lowest BCUT2D eigenvalue weighted by atomic mass is 10.1. The molecule has 1 aliphatic rings. The van der Waals surface area contributed by atoms with E-state index in [9.17, 15) is 0 Å². The number of rotatable bonds is 2. The molecule has 0 bridgehead atoms.